The van der Waals surface area contributed by atoms with Crippen molar-refractivity contribution < 1.29 is 4.74 Å². The van der Waals surface area contributed by atoms with Gasteiger partial charge in [0.05, 0.1) is 13.2 Å². The van der Waals surface area contributed by atoms with Gasteiger partial charge in [0.15, 0.2) is 0 Å². The third kappa shape index (κ3) is 4.87. The van der Waals surface area contributed by atoms with Gasteiger partial charge in [-0.15, -0.1) is 0 Å². The second kappa shape index (κ2) is 7.46. The first-order chi connectivity index (χ1) is 8.74. The largest absolute Gasteiger partial charge is 0.379 e. The third-order valence-corrected chi connectivity index (χ3v) is 4.53. The molecular formula is C15H30N2O. The molecule has 1 saturated heterocycles. The highest BCUT2D eigenvalue weighted by atomic mass is 16.5. The van der Waals surface area contributed by atoms with Gasteiger partial charge in [0.25, 0.3) is 0 Å². The van der Waals surface area contributed by atoms with Gasteiger partial charge >= 0.3 is 0 Å². The number of hydrogen-bond acceptors (Lipinski definition) is 3. The van der Waals surface area contributed by atoms with Gasteiger partial charge in [-0.25, -0.2) is 0 Å². The van der Waals surface area contributed by atoms with Gasteiger partial charge in [0.2, 0.25) is 0 Å². The van der Waals surface area contributed by atoms with Crippen LogP contribution in [0.15, 0.2) is 0 Å². The molecule has 0 bridgehead atoms. The molecule has 0 aromatic carbocycles. The van der Waals surface area contributed by atoms with Gasteiger partial charge < -0.3 is 15.4 Å². The summed E-state index contributed by atoms with van der Waals surface area (Å²) in [5, 5.41) is 7.25. The van der Waals surface area contributed by atoms with Crippen molar-refractivity contribution in [2.45, 2.75) is 58.0 Å². The summed E-state index contributed by atoms with van der Waals surface area (Å²) in [4.78, 5) is 0. The van der Waals surface area contributed by atoms with E-state index in [1.54, 1.807) is 0 Å². The fraction of sp³-hybridized carbons (Fsp3) is 1.00. The zero-order valence-corrected chi connectivity index (χ0v) is 12.1. The van der Waals surface area contributed by atoms with Crippen molar-refractivity contribution in [2.24, 2.45) is 11.8 Å². The second-order valence-electron chi connectivity index (χ2n) is 6.40. The van der Waals surface area contributed by atoms with Crippen LogP contribution in [0.5, 0.6) is 0 Å². The first-order valence-electron chi connectivity index (χ1n) is 7.78. The number of hydrogen-bond donors (Lipinski definition) is 2. The van der Waals surface area contributed by atoms with Crippen molar-refractivity contribution in [2.75, 3.05) is 26.3 Å². The zero-order chi connectivity index (χ0) is 12.8. The summed E-state index contributed by atoms with van der Waals surface area (Å²) in [6, 6.07) is 1.15. The van der Waals surface area contributed by atoms with Crippen LogP contribution in [0, 0.1) is 11.8 Å². The summed E-state index contributed by atoms with van der Waals surface area (Å²) in [6.45, 7) is 8.67. The maximum Gasteiger partial charge on any atom is 0.0620 e. The van der Waals surface area contributed by atoms with E-state index in [0.29, 0.717) is 12.1 Å². The number of rotatable bonds is 5. The molecule has 2 fully saturated rings. The van der Waals surface area contributed by atoms with Crippen molar-refractivity contribution in [3.63, 3.8) is 0 Å². The lowest BCUT2D eigenvalue weighted by Crippen LogP contribution is -2.45. The lowest BCUT2D eigenvalue weighted by molar-refractivity contribution is 0.0709. The van der Waals surface area contributed by atoms with Crippen LogP contribution in [-0.4, -0.2) is 38.4 Å². The molecule has 0 aromatic rings. The summed E-state index contributed by atoms with van der Waals surface area (Å²) in [6.07, 6.45) is 6.89. The van der Waals surface area contributed by atoms with Gasteiger partial charge in [-0.1, -0.05) is 19.8 Å². The number of nitrogens with one attached hydrogen (secondary N) is 2. The maximum atomic E-state index is 5.50. The summed E-state index contributed by atoms with van der Waals surface area (Å²) in [7, 11) is 0. The molecule has 2 atom stereocenters. The molecule has 1 saturated carbocycles. The number of ether oxygens (including phenoxy) is 1. The Bertz CT molecular complexity index is 221. The molecular weight excluding hydrogens is 224 g/mol. The monoisotopic (exact) mass is 254 g/mol. The molecule has 0 radical (unpaired) electrons. The van der Waals surface area contributed by atoms with E-state index in [2.05, 4.69) is 24.5 Å². The van der Waals surface area contributed by atoms with Crippen LogP contribution >= 0.6 is 0 Å². The molecule has 2 aliphatic rings. The van der Waals surface area contributed by atoms with Gasteiger partial charge in [-0.2, -0.15) is 0 Å². The van der Waals surface area contributed by atoms with E-state index in [-0.39, 0.29) is 0 Å². The first kappa shape index (κ1) is 14.3. The van der Waals surface area contributed by atoms with Gasteiger partial charge in [0.1, 0.15) is 0 Å². The first-order valence-corrected chi connectivity index (χ1v) is 7.78. The Kier molecular flexibility index (Phi) is 5.93. The van der Waals surface area contributed by atoms with Crippen molar-refractivity contribution in [1.29, 1.82) is 0 Å². The molecule has 1 aliphatic carbocycles. The Morgan fingerprint density at radius 2 is 2.06 bits per heavy atom. The van der Waals surface area contributed by atoms with E-state index in [1.807, 2.05) is 0 Å². The standard InChI is InChI=1S/C15H30N2O/c1-12-3-5-14(6-4-12)10-17-13(2)9-15-11-18-8-7-16-15/h12-17H,3-11H2,1-2H3. The van der Waals surface area contributed by atoms with E-state index >= 15 is 0 Å². The molecule has 0 aromatic heterocycles. The minimum absolute atomic E-state index is 0.549. The van der Waals surface area contributed by atoms with Crippen LogP contribution in [0.25, 0.3) is 0 Å². The molecule has 3 nitrogen and oxygen atoms in total. The van der Waals surface area contributed by atoms with Gasteiger partial charge in [-0.3, -0.25) is 0 Å². The molecule has 1 aliphatic heterocycles. The topological polar surface area (TPSA) is 33.3 Å². The van der Waals surface area contributed by atoms with Crippen LogP contribution in [-0.2, 0) is 4.74 Å². The minimum Gasteiger partial charge on any atom is -0.379 e. The van der Waals surface area contributed by atoms with Crippen LogP contribution in [0.2, 0.25) is 0 Å². The third-order valence-electron chi connectivity index (χ3n) is 4.53. The summed E-state index contributed by atoms with van der Waals surface area (Å²) in [5.74, 6) is 1.88. The smallest absolute Gasteiger partial charge is 0.0620 e. The van der Waals surface area contributed by atoms with Crippen molar-refractivity contribution >= 4 is 0 Å². The second-order valence-corrected chi connectivity index (χ2v) is 6.40. The Balaban J connectivity index is 1.57. The summed E-state index contributed by atoms with van der Waals surface area (Å²) < 4.78 is 5.50. The fourth-order valence-corrected chi connectivity index (χ4v) is 3.18. The highest BCUT2D eigenvalue weighted by molar-refractivity contribution is 4.78. The average molecular weight is 254 g/mol. The predicted octanol–water partition coefficient (Wildman–Crippen LogP) is 2.17. The molecule has 2 N–H and O–H groups in total. The average Bonchev–Trinajstić information content (AvgIpc) is 2.39. The minimum atomic E-state index is 0.549. The highest BCUT2D eigenvalue weighted by Crippen LogP contribution is 2.27. The van der Waals surface area contributed by atoms with Crippen molar-refractivity contribution in [1.82, 2.24) is 10.6 Å². The van der Waals surface area contributed by atoms with Gasteiger partial charge in [0, 0.05) is 18.6 Å². The Hall–Kier alpha value is -0.120. The van der Waals surface area contributed by atoms with Crippen LogP contribution in [0.3, 0.4) is 0 Å². The molecule has 1 heterocycles. The normalized spacial score (nSPS) is 35.3. The lowest BCUT2D eigenvalue weighted by Gasteiger charge is -2.30. The van der Waals surface area contributed by atoms with E-state index < -0.39 is 0 Å². The van der Waals surface area contributed by atoms with Crippen LogP contribution in [0.1, 0.15) is 46.0 Å². The summed E-state index contributed by atoms with van der Waals surface area (Å²) >= 11 is 0. The van der Waals surface area contributed by atoms with Crippen molar-refractivity contribution in [3.8, 4) is 0 Å². The Morgan fingerprint density at radius 1 is 1.28 bits per heavy atom. The lowest BCUT2D eigenvalue weighted by atomic mass is 9.83. The molecule has 106 valence electrons. The molecule has 2 rings (SSSR count). The van der Waals surface area contributed by atoms with E-state index in [9.17, 15) is 0 Å². The number of morpholine rings is 1. The van der Waals surface area contributed by atoms with Gasteiger partial charge in [-0.05, 0) is 44.6 Å². The van der Waals surface area contributed by atoms with E-state index in [1.165, 1.54) is 38.6 Å². The predicted molar refractivity (Wildman–Crippen MR) is 75.8 cm³/mol. The van der Waals surface area contributed by atoms with Crippen LogP contribution < -0.4 is 10.6 Å². The maximum absolute atomic E-state index is 5.50. The summed E-state index contributed by atoms with van der Waals surface area (Å²) in [5.41, 5.74) is 0. The molecule has 0 amide bonds. The van der Waals surface area contributed by atoms with E-state index in [0.717, 1.165) is 31.6 Å². The Labute approximate surface area is 112 Å². The molecule has 0 spiro atoms. The molecule has 18 heavy (non-hydrogen) atoms. The molecule has 2 unspecified atom stereocenters. The van der Waals surface area contributed by atoms with Crippen molar-refractivity contribution in [3.05, 3.63) is 0 Å². The Morgan fingerprint density at radius 3 is 2.72 bits per heavy atom. The zero-order valence-electron chi connectivity index (χ0n) is 12.1. The fourth-order valence-electron chi connectivity index (χ4n) is 3.18. The van der Waals surface area contributed by atoms with Crippen LogP contribution in [0.4, 0.5) is 0 Å². The molecule has 3 heteroatoms. The quantitative estimate of drug-likeness (QED) is 0.789. The SMILES string of the molecule is CC1CCC(CNC(C)CC2COCCN2)CC1. The van der Waals surface area contributed by atoms with E-state index in [4.69, 9.17) is 4.74 Å². The highest BCUT2D eigenvalue weighted by Gasteiger charge is 2.20.